The number of non-ortho nitro benzene ring substituents is 1. The lowest BCUT2D eigenvalue weighted by Crippen LogP contribution is -2.60. The number of guanidine groups is 1. The number of aromatic amines is 1. The highest BCUT2D eigenvalue weighted by Gasteiger charge is 2.35. The summed E-state index contributed by atoms with van der Waals surface area (Å²) in [5, 5.41) is 26.6. The number of carbonyl (C=O) groups excluding carboxylic acids is 6. The van der Waals surface area contributed by atoms with Crippen LogP contribution in [0.1, 0.15) is 66.4 Å². The van der Waals surface area contributed by atoms with Gasteiger partial charge in [0.05, 0.1) is 10.5 Å². The lowest BCUT2D eigenvalue weighted by atomic mass is 9.96. The minimum absolute atomic E-state index is 0.00336. The minimum Gasteiger partial charge on any atom is -0.370 e. The summed E-state index contributed by atoms with van der Waals surface area (Å²) in [6, 6.07) is 13.5. The second-order valence-electron chi connectivity index (χ2n) is 16.0. The molecular formula is C44H53N11O8S. The van der Waals surface area contributed by atoms with Crippen molar-refractivity contribution in [1.82, 2.24) is 31.6 Å². The first-order chi connectivity index (χ1) is 30.7. The molecule has 0 spiro atoms. The SMILES string of the molecule is NC(=O)[C@@H]1CSc2ccc([N+](=O)[O-])cc2C(=O)N[C@@H](CC2CCCC2)C(=O)N[C@H](Cc2ccccc2)C(=O)N[C@@H](CCCN=C(N)N)C(=O)N[C@@H](Cc2c[nH]c3ccccc23)C(=O)N1. The Labute approximate surface area is 373 Å². The number of H-pyrrole nitrogens is 1. The number of hydrogen-bond donors (Lipinski definition) is 9. The molecule has 6 amide bonds. The van der Waals surface area contributed by atoms with Gasteiger partial charge in [0.2, 0.25) is 29.5 Å². The molecule has 19 nitrogen and oxygen atoms in total. The normalized spacial score (nSPS) is 21.8. The number of benzene rings is 3. The number of fused-ring (bicyclic) bond motifs is 2. The summed E-state index contributed by atoms with van der Waals surface area (Å²) >= 11 is 0.941. The Hall–Kier alpha value is -6.96. The Kier molecular flexibility index (Phi) is 15.9. The molecule has 2 aliphatic rings. The molecule has 1 aliphatic heterocycles. The van der Waals surface area contributed by atoms with E-state index in [1.54, 1.807) is 36.5 Å². The zero-order valence-corrected chi connectivity index (χ0v) is 35.9. The van der Waals surface area contributed by atoms with Crippen LogP contribution in [0.4, 0.5) is 5.69 Å². The monoisotopic (exact) mass is 895 g/mol. The van der Waals surface area contributed by atoms with E-state index >= 15 is 0 Å². The van der Waals surface area contributed by atoms with Crippen LogP contribution in [0, 0.1) is 16.0 Å². The first kappa shape index (κ1) is 46.5. The van der Waals surface area contributed by atoms with Gasteiger partial charge in [0.25, 0.3) is 11.6 Å². The molecule has 0 radical (unpaired) electrons. The lowest BCUT2D eigenvalue weighted by Gasteiger charge is -2.27. The van der Waals surface area contributed by atoms with Crippen LogP contribution >= 0.6 is 11.8 Å². The number of hydrogen-bond acceptors (Lipinski definition) is 10. The summed E-state index contributed by atoms with van der Waals surface area (Å²) in [6.45, 7) is 0.109. The van der Waals surface area contributed by atoms with E-state index in [9.17, 15) is 38.9 Å². The second-order valence-corrected chi connectivity index (χ2v) is 17.1. The third kappa shape index (κ3) is 12.6. The maximum Gasteiger partial charge on any atom is 0.270 e. The molecule has 64 heavy (non-hydrogen) atoms. The van der Waals surface area contributed by atoms with Crippen molar-refractivity contribution in [2.24, 2.45) is 28.1 Å². The van der Waals surface area contributed by atoms with Gasteiger partial charge in [-0.15, -0.1) is 11.8 Å². The maximum absolute atomic E-state index is 14.5. The van der Waals surface area contributed by atoms with E-state index < -0.39 is 76.3 Å². The number of aliphatic imine (C=N–C) groups is 1. The van der Waals surface area contributed by atoms with Gasteiger partial charge < -0.3 is 48.8 Å². The Morgan fingerprint density at radius 1 is 0.766 bits per heavy atom. The molecule has 3 aromatic carbocycles. The molecule has 338 valence electrons. The topological polar surface area (TPSA) is 312 Å². The maximum atomic E-state index is 14.5. The molecule has 1 saturated carbocycles. The second kappa shape index (κ2) is 21.9. The molecule has 1 fully saturated rings. The highest BCUT2D eigenvalue weighted by molar-refractivity contribution is 7.99. The number of carbonyl (C=O) groups is 6. The van der Waals surface area contributed by atoms with Gasteiger partial charge in [0, 0.05) is 59.3 Å². The van der Waals surface area contributed by atoms with Crippen LogP contribution in [0.3, 0.4) is 0 Å². The number of rotatable bonds is 12. The molecule has 20 heteroatoms. The summed E-state index contributed by atoms with van der Waals surface area (Å²) in [5.74, 6) is -4.99. The molecule has 0 bridgehead atoms. The number of amides is 6. The number of nitro benzene ring substituents is 1. The zero-order valence-electron chi connectivity index (χ0n) is 35.0. The average Bonchev–Trinajstić information content (AvgIpc) is 3.95. The van der Waals surface area contributed by atoms with Crippen molar-refractivity contribution >= 4 is 69.8 Å². The Balaban J connectivity index is 1.42. The molecule has 6 rings (SSSR count). The van der Waals surface area contributed by atoms with E-state index in [0.29, 0.717) is 11.1 Å². The Morgan fingerprint density at radius 3 is 2.11 bits per heavy atom. The van der Waals surface area contributed by atoms with Gasteiger partial charge in [-0.05, 0) is 48.4 Å². The number of nitrogens with one attached hydrogen (secondary N) is 6. The molecule has 2 heterocycles. The van der Waals surface area contributed by atoms with Crippen molar-refractivity contribution in [3.8, 4) is 0 Å². The van der Waals surface area contributed by atoms with Crippen LogP contribution in [0.15, 0.2) is 88.9 Å². The molecular weight excluding hydrogens is 843 g/mol. The third-order valence-electron chi connectivity index (χ3n) is 11.4. The van der Waals surface area contributed by atoms with E-state index in [1.165, 1.54) is 12.1 Å². The minimum atomic E-state index is -1.36. The van der Waals surface area contributed by atoms with E-state index in [2.05, 4.69) is 36.6 Å². The van der Waals surface area contributed by atoms with Crippen molar-refractivity contribution in [3.63, 3.8) is 0 Å². The van der Waals surface area contributed by atoms with Crippen LogP contribution < -0.4 is 43.8 Å². The van der Waals surface area contributed by atoms with Gasteiger partial charge in [-0.3, -0.25) is 43.9 Å². The first-order valence-corrected chi connectivity index (χ1v) is 22.1. The molecule has 0 unspecified atom stereocenters. The van der Waals surface area contributed by atoms with E-state index in [4.69, 9.17) is 17.2 Å². The summed E-state index contributed by atoms with van der Waals surface area (Å²) < 4.78 is 0. The van der Waals surface area contributed by atoms with E-state index in [-0.39, 0.29) is 66.7 Å². The lowest BCUT2D eigenvalue weighted by molar-refractivity contribution is -0.384. The van der Waals surface area contributed by atoms with Crippen molar-refractivity contribution in [2.45, 2.75) is 92.9 Å². The van der Waals surface area contributed by atoms with Crippen molar-refractivity contribution in [1.29, 1.82) is 0 Å². The number of primary amides is 1. The fourth-order valence-electron chi connectivity index (χ4n) is 8.00. The molecule has 5 atom stereocenters. The summed E-state index contributed by atoms with van der Waals surface area (Å²) in [4.78, 5) is 103. The molecule has 1 aliphatic carbocycles. The van der Waals surface area contributed by atoms with E-state index in [1.807, 2.05) is 24.3 Å². The van der Waals surface area contributed by atoms with Crippen LogP contribution in [-0.2, 0) is 36.8 Å². The van der Waals surface area contributed by atoms with Gasteiger partial charge in [0.1, 0.15) is 30.2 Å². The number of nitrogens with two attached hydrogens (primary N) is 3. The zero-order chi connectivity index (χ0) is 45.8. The first-order valence-electron chi connectivity index (χ1n) is 21.1. The van der Waals surface area contributed by atoms with Crippen LogP contribution in [0.5, 0.6) is 0 Å². The fraction of sp³-hybridized carbons (Fsp3) is 0.386. The molecule has 12 N–H and O–H groups in total. The number of aromatic nitrogens is 1. The Morgan fingerprint density at radius 2 is 1.41 bits per heavy atom. The fourth-order valence-corrected chi connectivity index (χ4v) is 9.07. The summed E-state index contributed by atoms with van der Waals surface area (Å²) in [7, 11) is 0. The quantitative estimate of drug-likeness (QED) is 0.0325. The standard InChI is InChI=1S/C44H53N11O8S/c45-38(56)36-24-64-37-17-16-28(55(62)63)22-30(37)39(57)51-33(19-26-11-4-5-12-26)42(60)52-34(20-25-9-2-1-3-10-25)41(59)50-32(15-8-18-48-44(46)47)40(58)53-35(43(61)54-36)21-27-23-49-31-14-7-6-13-29(27)31/h1-3,6-7,9-10,13-14,16-17,22-23,26,32-36,49H,4-5,8,11-12,15,18-21,24H2,(H2,45,56)(H,50,59)(H,51,57)(H,52,60)(H,53,58)(H,54,61)(H4,46,47,48)/t32-,33-,34+,35-,36-/m0/s1. The smallest absolute Gasteiger partial charge is 0.270 e. The predicted molar refractivity (Wildman–Crippen MR) is 241 cm³/mol. The van der Waals surface area contributed by atoms with Gasteiger partial charge in [-0.25, -0.2) is 0 Å². The van der Waals surface area contributed by atoms with Crippen molar-refractivity contribution in [3.05, 3.63) is 106 Å². The molecule has 4 aromatic rings. The molecule has 0 saturated heterocycles. The van der Waals surface area contributed by atoms with Gasteiger partial charge in [0.15, 0.2) is 5.96 Å². The van der Waals surface area contributed by atoms with E-state index in [0.717, 1.165) is 54.4 Å². The van der Waals surface area contributed by atoms with Gasteiger partial charge in [-0.1, -0.05) is 74.2 Å². The molecule has 1 aromatic heterocycles. The van der Waals surface area contributed by atoms with Crippen LogP contribution in [-0.4, -0.2) is 93.8 Å². The average molecular weight is 896 g/mol. The highest BCUT2D eigenvalue weighted by Crippen LogP contribution is 2.31. The third-order valence-corrected chi connectivity index (χ3v) is 12.5. The number of nitro groups is 1. The van der Waals surface area contributed by atoms with Crippen LogP contribution in [0.2, 0.25) is 0 Å². The number of para-hydroxylation sites is 1. The highest BCUT2D eigenvalue weighted by atomic mass is 32.2. The van der Waals surface area contributed by atoms with Gasteiger partial charge in [-0.2, -0.15) is 0 Å². The largest absolute Gasteiger partial charge is 0.370 e. The number of thioether (sulfide) groups is 1. The predicted octanol–water partition coefficient (Wildman–Crippen LogP) is 1.82. The summed E-state index contributed by atoms with van der Waals surface area (Å²) in [5.41, 5.74) is 18.5. The summed E-state index contributed by atoms with van der Waals surface area (Å²) in [6.07, 6.45) is 5.58. The van der Waals surface area contributed by atoms with Crippen molar-refractivity contribution < 1.29 is 33.7 Å². The van der Waals surface area contributed by atoms with Crippen LogP contribution in [0.25, 0.3) is 10.9 Å². The number of nitrogens with zero attached hydrogens (tertiary/aromatic N) is 2. The van der Waals surface area contributed by atoms with Gasteiger partial charge >= 0.3 is 0 Å². The Bertz CT molecular complexity index is 2380. The van der Waals surface area contributed by atoms with Crippen molar-refractivity contribution in [2.75, 3.05) is 12.3 Å².